The molecule has 0 spiro atoms. The van der Waals surface area contributed by atoms with E-state index in [4.69, 9.17) is 27.9 Å². The number of hydrazone groups is 1. The lowest BCUT2D eigenvalue weighted by Crippen LogP contribution is -2.11. The third kappa shape index (κ3) is 6.34. The van der Waals surface area contributed by atoms with Crippen LogP contribution in [0, 0.1) is 0 Å². The topological polar surface area (TPSA) is 79.4 Å². The van der Waals surface area contributed by atoms with E-state index in [1.807, 2.05) is 37.3 Å². The molecule has 0 amide bonds. The van der Waals surface area contributed by atoms with Crippen molar-refractivity contribution >= 4 is 35.4 Å². The highest BCUT2D eigenvalue weighted by atomic mass is 35.5. The van der Waals surface area contributed by atoms with Crippen LogP contribution in [0.5, 0.6) is 5.75 Å². The lowest BCUT2D eigenvalue weighted by molar-refractivity contribution is 0.306. The summed E-state index contributed by atoms with van der Waals surface area (Å²) < 4.78 is 5.81. The van der Waals surface area contributed by atoms with Crippen molar-refractivity contribution in [3.8, 4) is 5.75 Å². The molecule has 3 aromatic rings. The molecule has 8 heteroatoms. The first-order valence-electron chi connectivity index (χ1n) is 9.09. The maximum absolute atomic E-state index is 11.7. The predicted molar refractivity (Wildman–Crippen MR) is 117 cm³/mol. The Labute approximate surface area is 178 Å². The van der Waals surface area contributed by atoms with Crippen molar-refractivity contribution in [1.82, 2.24) is 9.97 Å². The van der Waals surface area contributed by atoms with E-state index >= 15 is 0 Å². The van der Waals surface area contributed by atoms with Crippen LogP contribution in [-0.4, -0.2) is 16.2 Å². The van der Waals surface area contributed by atoms with Crippen molar-refractivity contribution in [2.75, 3.05) is 5.43 Å². The second kappa shape index (κ2) is 10.1. The predicted octanol–water partition coefficient (Wildman–Crippen LogP) is 5.05. The zero-order valence-corrected chi connectivity index (χ0v) is 17.3. The molecule has 29 heavy (non-hydrogen) atoms. The van der Waals surface area contributed by atoms with Crippen molar-refractivity contribution in [2.45, 2.75) is 26.4 Å². The van der Waals surface area contributed by atoms with Gasteiger partial charge in [0.1, 0.15) is 12.4 Å². The number of aromatic amines is 1. The number of H-pyrrole nitrogens is 1. The number of hydrogen-bond acceptors (Lipinski definition) is 5. The average molecular weight is 431 g/mol. The lowest BCUT2D eigenvalue weighted by Gasteiger charge is -2.08. The van der Waals surface area contributed by atoms with Gasteiger partial charge in [-0.3, -0.25) is 9.78 Å². The molecule has 0 fully saturated rings. The summed E-state index contributed by atoms with van der Waals surface area (Å²) in [7, 11) is 0. The molecule has 2 aromatic carbocycles. The Hall–Kier alpha value is -2.83. The van der Waals surface area contributed by atoms with Gasteiger partial charge in [-0.2, -0.15) is 5.10 Å². The second-order valence-electron chi connectivity index (χ2n) is 6.30. The Morgan fingerprint density at radius 2 is 2.07 bits per heavy atom. The van der Waals surface area contributed by atoms with Gasteiger partial charge in [0.15, 0.2) is 0 Å². The van der Waals surface area contributed by atoms with Crippen molar-refractivity contribution in [1.29, 1.82) is 0 Å². The molecule has 0 unspecified atom stereocenters. The minimum atomic E-state index is -0.211. The SMILES string of the molecule is CCCc1cc(=O)[nH]c(N/N=C/c2cccc(OCc3ccc(Cl)cc3Cl)c2)n1. The zero-order valence-electron chi connectivity index (χ0n) is 15.8. The molecule has 0 saturated carbocycles. The number of nitrogens with zero attached hydrogens (tertiary/aromatic N) is 2. The highest BCUT2D eigenvalue weighted by Gasteiger charge is 2.03. The van der Waals surface area contributed by atoms with Crippen LogP contribution >= 0.6 is 23.2 Å². The molecule has 150 valence electrons. The van der Waals surface area contributed by atoms with Crippen LogP contribution in [0.2, 0.25) is 10.0 Å². The molecule has 6 nitrogen and oxygen atoms in total. The number of benzene rings is 2. The molecule has 0 radical (unpaired) electrons. The summed E-state index contributed by atoms with van der Waals surface area (Å²) >= 11 is 12.1. The van der Waals surface area contributed by atoms with Gasteiger partial charge in [0.25, 0.3) is 5.56 Å². The van der Waals surface area contributed by atoms with Crippen LogP contribution in [0.1, 0.15) is 30.2 Å². The second-order valence-corrected chi connectivity index (χ2v) is 7.15. The molecule has 0 saturated heterocycles. The number of aryl methyl sites for hydroxylation is 1. The molecule has 0 aliphatic heterocycles. The van der Waals surface area contributed by atoms with Crippen LogP contribution in [-0.2, 0) is 13.0 Å². The maximum atomic E-state index is 11.7. The Morgan fingerprint density at radius 1 is 1.21 bits per heavy atom. The molecule has 1 aromatic heterocycles. The lowest BCUT2D eigenvalue weighted by atomic mass is 10.2. The Bertz CT molecular complexity index is 1070. The molecule has 1 heterocycles. The van der Waals surface area contributed by atoms with Gasteiger partial charge in [0, 0.05) is 27.4 Å². The first-order chi connectivity index (χ1) is 14.0. The van der Waals surface area contributed by atoms with Crippen LogP contribution in [0.3, 0.4) is 0 Å². The fourth-order valence-corrected chi connectivity index (χ4v) is 3.06. The van der Waals surface area contributed by atoms with Gasteiger partial charge >= 0.3 is 0 Å². The van der Waals surface area contributed by atoms with E-state index in [0.29, 0.717) is 28.3 Å². The van der Waals surface area contributed by atoms with E-state index in [1.165, 1.54) is 6.07 Å². The third-order valence-corrected chi connectivity index (χ3v) is 4.54. The summed E-state index contributed by atoms with van der Waals surface area (Å²) in [5.74, 6) is 0.985. The number of aromatic nitrogens is 2. The standard InChI is InChI=1S/C21H20Cl2N4O2/c1-2-4-17-11-20(28)26-21(25-17)27-24-12-14-5-3-6-18(9-14)29-13-15-7-8-16(22)10-19(15)23/h3,5-12H,2,4,13H2,1H3,(H2,25,26,27,28)/b24-12+. The molecule has 0 aliphatic rings. The van der Waals surface area contributed by atoms with Gasteiger partial charge in [0.2, 0.25) is 5.95 Å². The number of rotatable bonds is 8. The summed E-state index contributed by atoms with van der Waals surface area (Å²) in [6.07, 6.45) is 3.27. The average Bonchev–Trinajstić information content (AvgIpc) is 2.67. The van der Waals surface area contributed by atoms with Gasteiger partial charge in [-0.15, -0.1) is 0 Å². The van der Waals surface area contributed by atoms with Gasteiger partial charge in [0.05, 0.1) is 6.21 Å². The number of anilines is 1. The van der Waals surface area contributed by atoms with Crippen LogP contribution in [0.4, 0.5) is 5.95 Å². The molecular weight excluding hydrogens is 411 g/mol. The largest absolute Gasteiger partial charge is 0.489 e. The number of ether oxygens (including phenoxy) is 1. The Balaban J connectivity index is 1.63. The molecule has 2 N–H and O–H groups in total. The zero-order chi connectivity index (χ0) is 20.6. The van der Waals surface area contributed by atoms with E-state index < -0.39 is 0 Å². The van der Waals surface area contributed by atoms with Gasteiger partial charge in [-0.1, -0.05) is 54.7 Å². The molecule has 0 bridgehead atoms. The van der Waals surface area contributed by atoms with Crippen LogP contribution in [0.25, 0.3) is 0 Å². The molecule has 0 atom stereocenters. The highest BCUT2D eigenvalue weighted by molar-refractivity contribution is 6.35. The minimum absolute atomic E-state index is 0.211. The third-order valence-electron chi connectivity index (χ3n) is 3.95. The van der Waals surface area contributed by atoms with E-state index in [9.17, 15) is 4.79 Å². The Kier molecular flexibility index (Phi) is 7.27. The minimum Gasteiger partial charge on any atom is -0.489 e. The van der Waals surface area contributed by atoms with Gasteiger partial charge in [-0.05, 0) is 36.2 Å². The fraction of sp³-hybridized carbons (Fsp3) is 0.190. The van der Waals surface area contributed by atoms with Crippen LogP contribution < -0.4 is 15.7 Å². The first kappa shape index (κ1) is 20.9. The monoisotopic (exact) mass is 430 g/mol. The normalized spacial score (nSPS) is 11.0. The van der Waals surface area contributed by atoms with Crippen molar-refractivity contribution < 1.29 is 4.74 Å². The van der Waals surface area contributed by atoms with E-state index in [-0.39, 0.29) is 5.56 Å². The fourth-order valence-electron chi connectivity index (χ4n) is 2.60. The summed E-state index contributed by atoms with van der Waals surface area (Å²) in [5.41, 5.74) is 4.94. The number of hydrogen-bond donors (Lipinski definition) is 2. The van der Waals surface area contributed by atoms with E-state index in [0.717, 1.165) is 29.7 Å². The van der Waals surface area contributed by atoms with Gasteiger partial charge < -0.3 is 4.74 Å². The number of halogens is 2. The van der Waals surface area contributed by atoms with E-state index in [2.05, 4.69) is 20.5 Å². The van der Waals surface area contributed by atoms with Crippen molar-refractivity contribution in [3.63, 3.8) is 0 Å². The van der Waals surface area contributed by atoms with Crippen molar-refractivity contribution in [2.24, 2.45) is 5.10 Å². The summed E-state index contributed by atoms with van der Waals surface area (Å²) in [4.78, 5) is 18.6. The summed E-state index contributed by atoms with van der Waals surface area (Å²) in [6.45, 7) is 2.36. The number of nitrogens with one attached hydrogen (secondary N) is 2. The van der Waals surface area contributed by atoms with Crippen molar-refractivity contribution in [3.05, 3.63) is 85.8 Å². The van der Waals surface area contributed by atoms with E-state index in [1.54, 1.807) is 18.3 Å². The molecule has 0 aliphatic carbocycles. The quantitative estimate of drug-likeness (QED) is 0.386. The first-order valence-corrected chi connectivity index (χ1v) is 9.85. The molecule has 3 rings (SSSR count). The Morgan fingerprint density at radius 3 is 2.86 bits per heavy atom. The van der Waals surface area contributed by atoms with Gasteiger partial charge in [-0.25, -0.2) is 10.4 Å². The maximum Gasteiger partial charge on any atom is 0.252 e. The smallest absolute Gasteiger partial charge is 0.252 e. The molecular formula is C21H20Cl2N4O2. The summed E-state index contributed by atoms with van der Waals surface area (Å²) in [5, 5.41) is 5.28. The summed E-state index contributed by atoms with van der Waals surface area (Å²) in [6, 6.07) is 14.2. The van der Waals surface area contributed by atoms with Crippen LogP contribution in [0.15, 0.2) is 58.4 Å². The highest BCUT2D eigenvalue weighted by Crippen LogP contribution is 2.23.